The Bertz CT molecular complexity index is 501. The summed E-state index contributed by atoms with van der Waals surface area (Å²) in [6, 6.07) is 2.01. The van der Waals surface area contributed by atoms with E-state index in [-0.39, 0.29) is 0 Å². The SMILES string of the molecule is CCCNCc1ccoc1Cn1nc(C)nc1C. The number of hydrogen-bond donors (Lipinski definition) is 1. The van der Waals surface area contributed by atoms with Gasteiger partial charge in [-0.3, -0.25) is 0 Å². The van der Waals surface area contributed by atoms with Crippen LogP contribution in [0.4, 0.5) is 0 Å². The summed E-state index contributed by atoms with van der Waals surface area (Å²) in [4.78, 5) is 4.29. The number of aryl methyl sites for hydroxylation is 2. The molecule has 0 saturated carbocycles. The highest BCUT2D eigenvalue weighted by Crippen LogP contribution is 2.12. The second kappa shape index (κ2) is 5.82. The van der Waals surface area contributed by atoms with Gasteiger partial charge >= 0.3 is 0 Å². The summed E-state index contributed by atoms with van der Waals surface area (Å²) in [5, 5.41) is 7.73. The minimum atomic E-state index is 0.642. The minimum Gasteiger partial charge on any atom is -0.467 e. The van der Waals surface area contributed by atoms with Gasteiger partial charge in [0, 0.05) is 12.1 Å². The number of nitrogens with one attached hydrogen (secondary N) is 1. The smallest absolute Gasteiger partial charge is 0.147 e. The molecule has 2 rings (SSSR count). The molecule has 2 aromatic heterocycles. The molecular weight excluding hydrogens is 228 g/mol. The Morgan fingerprint density at radius 3 is 2.89 bits per heavy atom. The van der Waals surface area contributed by atoms with Crippen LogP contribution < -0.4 is 5.32 Å². The van der Waals surface area contributed by atoms with Crippen LogP contribution in [0.1, 0.15) is 36.3 Å². The lowest BCUT2D eigenvalue weighted by Crippen LogP contribution is -2.15. The fourth-order valence-electron chi connectivity index (χ4n) is 1.91. The zero-order valence-corrected chi connectivity index (χ0v) is 11.2. The first-order valence-corrected chi connectivity index (χ1v) is 6.34. The molecule has 0 atom stereocenters. The average Bonchev–Trinajstić information content (AvgIpc) is 2.88. The van der Waals surface area contributed by atoms with E-state index in [9.17, 15) is 0 Å². The van der Waals surface area contributed by atoms with Crippen molar-refractivity contribution >= 4 is 0 Å². The molecule has 0 saturated heterocycles. The maximum absolute atomic E-state index is 5.53. The molecule has 0 radical (unpaired) electrons. The molecule has 0 aliphatic heterocycles. The lowest BCUT2D eigenvalue weighted by atomic mass is 10.2. The Morgan fingerprint density at radius 1 is 1.39 bits per heavy atom. The predicted molar refractivity (Wildman–Crippen MR) is 69.3 cm³/mol. The Labute approximate surface area is 107 Å². The molecule has 0 aliphatic carbocycles. The van der Waals surface area contributed by atoms with Gasteiger partial charge in [-0.25, -0.2) is 9.67 Å². The molecule has 0 amide bonds. The van der Waals surface area contributed by atoms with Gasteiger partial charge in [0.1, 0.15) is 24.0 Å². The topological polar surface area (TPSA) is 55.9 Å². The monoisotopic (exact) mass is 248 g/mol. The van der Waals surface area contributed by atoms with Gasteiger partial charge in [-0.1, -0.05) is 6.92 Å². The largest absolute Gasteiger partial charge is 0.467 e. The molecule has 0 spiro atoms. The van der Waals surface area contributed by atoms with E-state index in [2.05, 4.69) is 22.3 Å². The molecule has 0 unspecified atom stereocenters. The van der Waals surface area contributed by atoms with Crippen LogP contribution in [0, 0.1) is 13.8 Å². The molecule has 0 aromatic carbocycles. The molecular formula is C13H20N4O. The van der Waals surface area contributed by atoms with E-state index < -0.39 is 0 Å². The normalized spacial score (nSPS) is 11.1. The molecule has 0 bridgehead atoms. The number of nitrogens with zero attached hydrogens (tertiary/aromatic N) is 3. The summed E-state index contributed by atoms with van der Waals surface area (Å²) >= 11 is 0. The van der Waals surface area contributed by atoms with E-state index >= 15 is 0 Å². The van der Waals surface area contributed by atoms with Crippen molar-refractivity contribution in [3.05, 3.63) is 35.3 Å². The standard InChI is InChI=1S/C13H20N4O/c1-4-6-14-8-12-5-7-18-13(12)9-17-11(3)15-10(2)16-17/h5,7,14H,4,6,8-9H2,1-3H3. The van der Waals surface area contributed by atoms with Gasteiger partial charge in [-0.15, -0.1) is 0 Å². The van der Waals surface area contributed by atoms with E-state index in [1.54, 1.807) is 6.26 Å². The molecule has 1 N–H and O–H groups in total. The van der Waals surface area contributed by atoms with Gasteiger partial charge in [0.05, 0.1) is 6.26 Å². The van der Waals surface area contributed by atoms with Crippen molar-refractivity contribution < 1.29 is 4.42 Å². The van der Waals surface area contributed by atoms with Crippen LogP contribution in [-0.4, -0.2) is 21.3 Å². The summed E-state index contributed by atoms with van der Waals surface area (Å²) in [7, 11) is 0. The van der Waals surface area contributed by atoms with Gasteiger partial charge in [0.2, 0.25) is 0 Å². The molecule has 5 nitrogen and oxygen atoms in total. The van der Waals surface area contributed by atoms with E-state index in [0.29, 0.717) is 6.54 Å². The van der Waals surface area contributed by atoms with Crippen molar-refractivity contribution in [1.29, 1.82) is 0 Å². The fourth-order valence-corrected chi connectivity index (χ4v) is 1.91. The number of hydrogen-bond acceptors (Lipinski definition) is 4. The zero-order valence-electron chi connectivity index (χ0n) is 11.2. The first-order valence-electron chi connectivity index (χ1n) is 6.34. The second-order valence-corrected chi connectivity index (χ2v) is 4.41. The summed E-state index contributed by atoms with van der Waals surface area (Å²) in [5.74, 6) is 2.66. The van der Waals surface area contributed by atoms with E-state index in [1.807, 2.05) is 24.6 Å². The number of aromatic nitrogens is 3. The van der Waals surface area contributed by atoms with Gasteiger partial charge < -0.3 is 9.73 Å². The van der Waals surface area contributed by atoms with Crippen LogP contribution in [0.15, 0.2) is 16.7 Å². The highest BCUT2D eigenvalue weighted by molar-refractivity contribution is 5.17. The lowest BCUT2D eigenvalue weighted by Gasteiger charge is -2.05. The maximum atomic E-state index is 5.53. The fraction of sp³-hybridized carbons (Fsp3) is 0.538. The van der Waals surface area contributed by atoms with Crippen molar-refractivity contribution in [1.82, 2.24) is 20.1 Å². The van der Waals surface area contributed by atoms with Gasteiger partial charge in [0.15, 0.2) is 0 Å². The summed E-state index contributed by atoms with van der Waals surface area (Å²) < 4.78 is 7.41. The van der Waals surface area contributed by atoms with Crippen LogP contribution in [0.2, 0.25) is 0 Å². The lowest BCUT2D eigenvalue weighted by molar-refractivity contribution is 0.468. The van der Waals surface area contributed by atoms with E-state index in [4.69, 9.17) is 4.42 Å². The maximum Gasteiger partial charge on any atom is 0.147 e. The van der Waals surface area contributed by atoms with Gasteiger partial charge in [-0.2, -0.15) is 5.10 Å². The predicted octanol–water partition coefficient (Wildman–Crippen LogP) is 2.04. The van der Waals surface area contributed by atoms with Crippen molar-refractivity contribution in [3.8, 4) is 0 Å². The van der Waals surface area contributed by atoms with Crippen LogP contribution in [0.5, 0.6) is 0 Å². The average molecular weight is 248 g/mol. The van der Waals surface area contributed by atoms with Gasteiger partial charge in [-0.05, 0) is 32.9 Å². The second-order valence-electron chi connectivity index (χ2n) is 4.41. The van der Waals surface area contributed by atoms with Crippen LogP contribution in [0.25, 0.3) is 0 Å². The third-order valence-electron chi connectivity index (χ3n) is 2.84. The highest BCUT2D eigenvalue weighted by atomic mass is 16.3. The molecule has 0 fully saturated rings. The van der Waals surface area contributed by atoms with Crippen molar-refractivity contribution in [3.63, 3.8) is 0 Å². The summed E-state index contributed by atoms with van der Waals surface area (Å²) in [6.45, 7) is 8.51. The Morgan fingerprint density at radius 2 is 2.22 bits per heavy atom. The minimum absolute atomic E-state index is 0.642. The van der Waals surface area contributed by atoms with E-state index in [1.165, 1.54) is 5.56 Å². The third-order valence-corrected chi connectivity index (χ3v) is 2.84. The van der Waals surface area contributed by atoms with Crippen LogP contribution in [-0.2, 0) is 13.1 Å². The molecule has 98 valence electrons. The van der Waals surface area contributed by atoms with Gasteiger partial charge in [0.25, 0.3) is 0 Å². The molecule has 0 aliphatic rings. The Kier molecular flexibility index (Phi) is 4.15. The molecule has 18 heavy (non-hydrogen) atoms. The number of furan rings is 1. The molecule has 2 heterocycles. The quantitative estimate of drug-likeness (QED) is 0.795. The Hall–Kier alpha value is -1.62. The molecule has 5 heteroatoms. The third kappa shape index (κ3) is 2.98. The van der Waals surface area contributed by atoms with Crippen molar-refractivity contribution in [2.75, 3.05) is 6.54 Å². The molecule has 2 aromatic rings. The first-order chi connectivity index (χ1) is 8.70. The van der Waals surface area contributed by atoms with Crippen molar-refractivity contribution in [2.45, 2.75) is 40.3 Å². The summed E-state index contributed by atoms with van der Waals surface area (Å²) in [6.07, 6.45) is 2.87. The number of rotatable bonds is 6. The van der Waals surface area contributed by atoms with Crippen LogP contribution in [0.3, 0.4) is 0 Å². The summed E-state index contributed by atoms with van der Waals surface area (Å²) in [5.41, 5.74) is 1.19. The Balaban J connectivity index is 2.05. The first kappa shape index (κ1) is 12.8. The van der Waals surface area contributed by atoms with Crippen molar-refractivity contribution in [2.24, 2.45) is 0 Å². The van der Waals surface area contributed by atoms with E-state index in [0.717, 1.165) is 36.9 Å². The highest BCUT2D eigenvalue weighted by Gasteiger charge is 2.10. The zero-order chi connectivity index (χ0) is 13.0. The van der Waals surface area contributed by atoms with Crippen LogP contribution >= 0.6 is 0 Å².